The van der Waals surface area contributed by atoms with Crippen molar-refractivity contribution in [2.45, 2.75) is 6.92 Å². The van der Waals surface area contributed by atoms with E-state index in [0.717, 1.165) is 44.9 Å². The Hall–Kier alpha value is -3.73. The number of hydrogen-bond donors (Lipinski definition) is 2. The third-order valence-corrected chi connectivity index (χ3v) is 4.59. The SMILES string of the molecule is Cc1cc2cc(Nc3nc(-c4ccncc4)cc4ncccc34)ccc2[nH]1. The average Bonchev–Trinajstić information content (AvgIpc) is 3.08. The molecule has 5 nitrogen and oxygen atoms in total. The summed E-state index contributed by atoms with van der Waals surface area (Å²) in [6, 6.07) is 18.3. The van der Waals surface area contributed by atoms with Crippen LogP contribution in [0.2, 0.25) is 0 Å². The highest BCUT2D eigenvalue weighted by atomic mass is 15.0. The summed E-state index contributed by atoms with van der Waals surface area (Å²) < 4.78 is 0. The van der Waals surface area contributed by atoms with Crippen molar-refractivity contribution < 1.29 is 0 Å². The van der Waals surface area contributed by atoms with Crippen LogP contribution in [0.5, 0.6) is 0 Å². The van der Waals surface area contributed by atoms with Crippen LogP contribution in [0.25, 0.3) is 33.1 Å². The minimum atomic E-state index is 0.791. The maximum absolute atomic E-state index is 4.86. The molecule has 130 valence electrons. The molecule has 0 amide bonds. The molecule has 0 saturated heterocycles. The van der Waals surface area contributed by atoms with Crippen molar-refractivity contribution in [3.05, 3.63) is 78.9 Å². The molecule has 2 N–H and O–H groups in total. The maximum Gasteiger partial charge on any atom is 0.140 e. The van der Waals surface area contributed by atoms with E-state index in [9.17, 15) is 0 Å². The Morgan fingerprint density at radius 3 is 2.70 bits per heavy atom. The lowest BCUT2D eigenvalue weighted by Gasteiger charge is -2.11. The van der Waals surface area contributed by atoms with Crippen LogP contribution in [-0.2, 0) is 0 Å². The molecule has 5 heteroatoms. The van der Waals surface area contributed by atoms with Gasteiger partial charge in [0.05, 0.1) is 11.2 Å². The second-order valence-corrected chi connectivity index (χ2v) is 6.54. The first kappa shape index (κ1) is 15.5. The van der Waals surface area contributed by atoms with Crippen molar-refractivity contribution in [2.24, 2.45) is 0 Å². The van der Waals surface area contributed by atoms with Crippen LogP contribution in [0, 0.1) is 6.92 Å². The quantitative estimate of drug-likeness (QED) is 0.467. The normalized spacial score (nSPS) is 11.1. The first-order valence-electron chi connectivity index (χ1n) is 8.79. The summed E-state index contributed by atoms with van der Waals surface area (Å²) in [6.07, 6.45) is 5.35. The van der Waals surface area contributed by atoms with Gasteiger partial charge in [0.25, 0.3) is 0 Å². The van der Waals surface area contributed by atoms with E-state index in [0.29, 0.717) is 0 Å². The van der Waals surface area contributed by atoms with Crippen LogP contribution >= 0.6 is 0 Å². The first-order valence-corrected chi connectivity index (χ1v) is 8.79. The van der Waals surface area contributed by atoms with Gasteiger partial charge >= 0.3 is 0 Å². The maximum atomic E-state index is 4.86. The summed E-state index contributed by atoms with van der Waals surface area (Å²) in [5, 5.41) is 5.64. The van der Waals surface area contributed by atoms with Crippen molar-refractivity contribution in [1.82, 2.24) is 19.9 Å². The van der Waals surface area contributed by atoms with E-state index in [1.807, 2.05) is 30.3 Å². The summed E-state index contributed by atoms with van der Waals surface area (Å²) in [5.41, 5.74) is 6.05. The minimum absolute atomic E-state index is 0.791. The predicted molar refractivity (Wildman–Crippen MR) is 109 cm³/mol. The highest BCUT2D eigenvalue weighted by molar-refractivity contribution is 5.94. The first-order chi connectivity index (χ1) is 13.3. The number of aryl methyl sites for hydroxylation is 1. The van der Waals surface area contributed by atoms with Crippen molar-refractivity contribution in [3.8, 4) is 11.3 Å². The van der Waals surface area contributed by atoms with E-state index < -0.39 is 0 Å². The van der Waals surface area contributed by atoms with Gasteiger partial charge < -0.3 is 10.3 Å². The summed E-state index contributed by atoms with van der Waals surface area (Å²) in [4.78, 5) is 16.8. The monoisotopic (exact) mass is 351 g/mol. The topological polar surface area (TPSA) is 66.5 Å². The smallest absolute Gasteiger partial charge is 0.140 e. The van der Waals surface area contributed by atoms with Gasteiger partial charge in [0.2, 0.25) is 0 Å². The summed E-state index contributed by atoms with van der Waals surface area (Å²) in [7, 11) is 0. The fraction of sp³-hybridized carbons (Fsp3) is 0.0455. The van der Waals surface area contributed by atoms with Crippen LogP contribution in [0.1, 0.15) is 5.69 Å². The molecule has 4 heterocycles. The van der Waals surface area contributed by atoms with Crippen molar-refractivity contribution >= 4 is 33.3 Å². The molecule has 0 aliphatic rings. The lowest BCUT2D eigenvalue weighted by atomic mass is 10.1. The number of fused-ring (bicyclic) bond motifs is 2. The Labute approximate surface area is 156 Å². The van der Waals surface area contributed by atoms with E-state index >= 15 is 0 Å². The Kier molecular flexibility index (Phi) is 3.57. The number of nitrogens with one attached hydrogen (secondary N) is 2. The fourth-order valence-electron chi connectivity index (χ4n) is 3.33. The van der Waals surface area contributed by atoms with Gasteiger partial charge in [-0.05, 0) is 61.5 Å². The standard InChI is InChI=1S/C22H17N5/c1-14-11-16-12-17(4-5-19(16)25-14)26-22-18-3-2-8-24-21(18)13-20(27-22)15-6-9-23-10-7-15/h2-13,25H,1H3,(H,26,27). The molecule has 27 heavy (non-hydrogen) atoms. The number of nitrogens with zero attached hydrogens (tertiary/aromatic N) is 3. The van der Waals surface area contributed by atoms with E-state index in [4.69, 9.17) is 4.98 Å². The van der Waals surface area contributed by atoms with Crippen molar-refractivity contribution in [2.75, 3.05) is 5.32 Å². The number of rotatable bonds is 3. The zero-order valence-electron chi connectivity index (χ0n) is 14.8. The lowest BCUT2D eigenvalue weighted by Crippen LogP contribution is -1.97. The molecule has 5 aromatic rings. The third-order valence-electron chi connectivity index (χ3n) is 4.59. The Morgan fingerprint density at radius 2 is 1.81 bits per heavy atom. The van der Waals surface area contributed by atoms with Crippen molar-refractivity contribution in [3.63, 3.8) is 0 Å². The van der Waals surface area contributed by atoms with Crippen molar-refractivity contribution in [1.29, 1.82) is 0 Å². The molecule has 0 aliphatic heterocycles. The molecule has 0 unspecified atom stereocenters. The van der Waals surface area contributed by atoms with E-state index in [-0.39, 0.29) is 0 Å². The van der Waals surface area contributed by atoms with Crippen LogP contribution in [0.15, 0.2) is 73.2 Å². The van der Waals surface area contributed by atoms with Gasteiger partial charge in [0, 0.05) is 51.8 Å². The summed E-state index contributed by atoms with van der Waals surface area (Å²) in [6.45, 7) is 2.06. The largest absolute Gasteiger partial charge is 0.359 e. The minimum Gasteiger partial charge on any atom is -0.359 e. The molecule has 4 aromatic heterocycles. The zero-order chi connectivity index (χ0) is 18.2. The molecule has 0 aliphatic carbocycles. The van der Waals surface area contributed by atoms with Crippen LogP contribution in [-0.4, -0.2) is 19.9 Å². The van der Waals surface area contributed by atoms with Crippen LogP contribution in [0.3, 0.4) is 0 Å². The molecular formula is C22H17N5. The van der Waals surface area contributed by atoms with Gasteiger partial charge in [-0.15, -0.1) is 0 Å². The number of hydrogen-bond acceptors (Lipinski definition) is 4. The van der Waals surface area contributed by atoms with E-state index in [1.54, 1.807) is 18.6 Å². The summed E-state index contributed by atoms with van der Waals surface area (Å²) in [5.74, 6) is 0.791. The molecule has 0 radical (unpaired) electrons. The number of anilines is 2. The molecule has 0 fully saturated rings. The molecule has 0 bridgehead atoms. The number of pyridine rings is 3. The van der Waals surface area contributed by atoms with Gasteiger partial charge in [-0.3, -0.25) is 9.97 Å². The number of H-pyrrole nitrogens is 1. The van der Waals surface area contributed by atoms with E-state index in [2.05, 4.69) is 51.5 Å². The zero-order valence-corrected chi connectivity index (χ0v) is 14.8. The molecule has 0 spiro atoms. The second-order valence-electron chi connectivity index (χ2n) is 6.54. The number of benzene rings is 1. The fourth-order valence-corrected chi connectivity index (χ4v) is 3.33. The average molecular weight is 351 g/mol. The number of aromatic amines is 1. The Morgan fingerprint density at radius 1 is 0.926 bits per heavy atom. The lowest BCUT2D eigenvalue weighted by molar-refractivity contribution is 1.28. The third kappa shape index (κ3) is 2.89. The van der Waals surface area contributed by atoms with Gasteiger partial charge in [-0.2, -0.15) is 0 Å². The number of aromatic nitrogens is 4. The molecule has 0 saturated carbocycles. The van der Waals surface area contributed by atoms with E-state index in [1.165, 1.54) is 5.39 Å². The predicted octanol–water partition coefficient (Wildman–Crippen LogP) is 5.23. The second kappa shape index (κ2) is 6.21. The molecule has 0 atom stereocenters. The van der Waals surface area contributed by atoms with Gasteiger partial charge in [-0.1, -0.05) is 0 Å². The summed E-state index contributed by atoms with van der Waals surface area (Å²) >= 11 is 0. The van der Waals surface area contributed by atoms with Crippen LogP contribution in [0.4, 0.5) is 11.5 Å². The molecule has 5 rings (SSSR count). The van der Waals surface area contributed by atoms with Gasteiger partial charge in [0.1, 0.15) is 5.82 Å². The molecule has 1 aromatic carbocycles. The van der Waals surface area contributed by atoms with Gasteiger partial charge in [-0.25, -0.2) is 4.98 Å². The Balaban J connectivity index is 1.64. The van der Waals surface area contributed by atoms with Crippen LogP contribution < -0.4 is 5.32 Å². The molecular weight excluding hydrogens is 334 g/mol. The Bertz CT molecular complexity index is 1260. The highest BCUT2D eigenvalue weighted by Gasteiger charge is 2.09. The van der Waals surface area contributed by atoms with Gasteiger partial charge in [0.15, 0.2) is 0 Å². The highest BCUT2D eigenvalue weighted by Crippen LogP contribution is 2.29.